The van der Waals surface area contributed by atoms with Gasteiger partial charge in [0.15, 0.2) is 17.7 Å². The molecule has 11 nitrogen and oxygen atoms in total. The fraction of sp³-hybridized carbons (Fsp3) is 0.308. The number of ketones is 2. The highest BCUT2D eigenvalue weighted by Crippen LogP contribution is 2.53. The minimum Gasteiger partial charge on any atom is -0.508 e. The van der Waals surface area contributed by atoms with Gasteiger partial charge in [-0.1, -0.05) is 0 Å². The van der Waals surface area contributed by atoms with Crippen molar-refractivity contribution in [3.63, 3.8) is 0 Å². The van der Waals surface area contributed by atoms with E-state index in [-0.39, 0.29) is 41.1 Å². The highest BCUT2D eigenvalue weighted by molar-refractivity contribution is 6.24. The Balaban J connectivity index is 1.75. The molecule has 3 aliphatic carbocycles. The summed E-state index contributed by atoms with van der Waals surface area (Å²) in [6, 6.07) is 3.10. The number of nitrogens with zero attached hydrogens (tertiary/aromatic N) is 1. The maximum Gasteiger partial charge on any atom is 0.255 e. The van der Waals surface area contributed by atoms with E-state index in [4.69, 9.17) is 10.2 Å². The minimum atomic E-state index is -2.70. The molecule has 5 rings (SSSR count). The van der Waals surface area contributed by atoms with E-state index >= 15 is 0 Å². The number of aromatic hydroxyl groups is 1. The summed E-state index contributed by atoms with van der Waals surface area (Å²) in [6.45, 7) is 0. The van der Waals surface area contributed by atoms with Gasteiger partial charge in [-0.2, -0.15) is 0 Å². The number of rotatable bonds is 4. The molecule has 2 unspecified atom stereocenters. The van der Waals surface area contributed by atoms with Crippen LogP contribution in [0.1, 0.15) is 27.9 Å². The topological polar surface area (TPSA) is 192 Å². The Labute approximate surface area is 210 Å². The zero-order valence-electron chi connectivity index (χ0n) is 19.9. The Hall–Kier alpha value is -4.22. The van der Waals surface area contributed by atoms with Gasteiger partial charge in [0.05, 0.1) is 23.4 Å². The molecule has 1 amide bonds. The van der Waals surface area contributed by atoms with Crippen LogP contribution in [0.15, 0.2) is 45.8 Å². The first-order chi connectivity index (χ1) is 17.4. The van der Waals surface area contributed by atoms with Gasteiger partial charge in [0.2, 0.25) is 5.78 Å². The van der Waals surface area contributed by atoms with E-state index < -0.39 is 58.0 Å². The number of likely N-dealkylation sites (N-methyl/N-ethyl adjacent to an activating group) is 1. The van der Waals surface area contributed by atoms with Crippen LogP contribution in [-0.2, 0) is 20.8 Å². The van der Waals surface area contributed by atoms with Crippen LogP contribution in [0.4, 0.5) is 0 Å². The van der Waals surface area contributed by atoms with E-state index in [9.17, 15) is 39.6 Å². The van der Waals surface area contributed by atoms with Crippen molar-refractivity contribution >= 4 is 29.5 Å². The second-order valence-corrected chi connectivity index (χ2v) is 9.77. The van der Waals surface area contributed by atoms with E-state index in [1.165, 1.54) is 43.5 Å². The van der Waals surface area contributed by atoms with Crippen molar-refractivity contribution in [3.05, 3.63) is 58.1 Å². The normalized spacial score (nSPS) is 27.2. The summed E-state index contributed by atoms with van der Waals surface area (Å²) in [6.07, 6.45) is 1.97. The lowest BCUT2D eigenvalue weighted by atomic mass is 9.57. The number of carbonyl (C=O) groups excluding carboxylic acids is 4. The predicted molar refractivity (Wildman–Crippen MR) is 127 cm³/mol. The summed E-state index contributed by atoms with van der Waals surface area (Å²) in [5.41, 5.74) is 2.48. The van der Waals surface area contributed by atoms with Gasteiger partial charge in [-0.3, -0.25) is 24.1 Å². The number of phenols is 1. The second kappa shape index (κ2) is 8.15. The number of aldehydes is 1. The average molecular weight is 508 g/mol. The number of hydrogen-bond donors (Lipinski definition) is 5. The molecule has 6 N–H and O–H groups in total. The molecule has 0 saturated heterocycles. The highest BCUT2D eigenvalue weighted by atomic mass is 16.3. The molecular formula is C26H24N2O9. The number of aliphatic hydroxyl groups excluding tert-OH is 2. The zero-order valence-corrected chi connectivity index (χ0v) is 19.9. The Morgan fingerprint density at radius 3 is 2.51 bits per heavy atom. The van der Waals surface area contributed by atoms with Gasteiger partial charge >= 0.3 is 0 Å². The molecule has 2 aromatic rings. The number of carbonyl (C=O) groups is 4. The molecular weight excluding hydrogens is 484 g/mol. The summed E-state index contributed by atoms with van der Waals surface area (Å²) in [5, 5.41) is 44.4. The van der Waals surface area contributed by atoms with Gasteiger partial charge in [0.25, 0.3) is 5.91 Å². The molecule has 0 bridgehead atoms. The number of phenolic OH excluding ortho intramolecular Hbond substituents is 1. The van der Waals surface area contributed by atoms with Gasteiger partial charge in [0.1, 0.15) is 28.6 Å². The van der Waals surface area contributed by atoms with E-state index in [2.05, 4.69) is 0 Å². The van der Waals surface area contributed by atoms with Gasteiger partial charge < -0.3 is 30.6 Å². The number of aliphatic hydroxyl groups is 3. The Morgan fingerprint density at radius 2 is 1.89 bits per heavy atom. The van der Waals surface area contributed by atoms with Crippen molar-refractivity contribution in [2.45, 2.75) is 24.5 Å². The van der Waals surface area contributed by atoms with Crippen molar-refractivity contribution in [1.82, 2.24) is 4.90 Å². The number of benzene rings is 1. The number of fused-ring (bicyclic) bond motifs is 3. The number of furan rings is 1. The van der Waals surface area contributed by atoms with Crippen LogP contribution in [-0.4, -0.2) is 74.8 Å². The second-order valence-electron chi connectivity index (χ2n) is 9.77. The van der Waals surface area contributed by atoms with Crippen LogP contribution in [0.5, 0.6) is 5.75 Å². The van der Waals surface area contributed by atoms with Crippen molar-refractivity contribution in [2.24, 2.45) is 17.6 Å². The number of amides is 1. The van der Waals surface area contributed by atoms with Gasteiger partial charge in [0, 0.05) is 17.1 Å². The first kappa shape index (κ1) is 24.5. The quantitative estimate of drug-likeness (QED) is 0.294. The molecule has 11 heteroatoms. The molecule has 3 aliphatic rings. The third kappa shape index (κ3) is 3.14. The smallest absolute Gasteiger partial charge is 0.255 e. The largest absolute Gasteiger partial charge is 0.508 e. The zero-order chi connectivity index (χ0) is 27.0. The lowest BCUT2D eigenvalue weighted by molar-refractivity contribution is -0.153. The summed E-state index contributed by atoms with van der Waals surface area (Å²) in [7, 11) is 3.06. The van der Waals surface area contributed by atoms with Crippen LogP contribution in [0.3, 0.4) is 0 Å². The predicted octanol–water partition coefficient (Wildman–Crippen LogP) is 1.04. The summed E-state index contributed by atoms with van der Waals surface area (Å²) in [5.74, 6) is -7.03. The number of primary amides is 1. The maximum atomic E-state index is 13.8. The van der Waals surface area contributed by atoms with Crippen LogP contribution in [0, 0.1) is 11.8 Å². The van der Waals surface area contributed by atoms with Crippen LogP contribution >= 0.6 is 0 Å². The van der Waals surface area contributed by atoms with Crippen molar-refractivity contribution in [1.29, 1.82) is 0 Å². The molecule has 1 aromatic carbocycles. The molecule has 1 fully saturated rings. The van der Waals surface area contributed by atoms with Crippen LogP contribution in [0.2, 0.25) is 0 Å². The van der Waals surface area contributed by atoms with E-state index in [1.807, 2.05) is 0 Å². The molecule has 1 aromatic heterocycles. The van der Waals surface area contributed by atoms with Crippen LogP contribution in [0.25, 0.3) is 17.1 Å². The van der Waals surface area contributed by atoms with Crippen molar-refractivity contribution < 1.29 is 44.0 Å². The Kier molecular flexibility index (Phi) is 5.39. The fourth-order valence-corrected chi connectivity index (χ4v) is 6.09. The highest BCUT2D eigenvalue weighted by Gasteiger charge is 2.64. The monoisotopic (exact) mass is 508 g/mol. The molecule has 0 radical (unpaired) electrons. The van der Waals surface area contributed by atoms with E-state index in [0.717, 1.165) is 0 Å². The van der Waals surface area contributed by atoms with E-state index in [1.54, 1.807) is 0 Å². The number of Topliss-reactive ketones (excluding diaryl/α,β-unsaturated/α-hetero) is 2. The SMILES string of the molecule is CN(C)[C@@H]1C(=O)C(C(N)=O)=C(O)[C@@]2(O)C(=O)C3=C(O)c4c(O)ccc(-c5occc5C=O)c4CC3CC12. The molecule has 0 aliphatic heterocycles. The van der Waals surface area contributed by atoms with Crippen LogP contribution < -0.4 is 5.73 Å². The first-order valence-corrected chi connectivity index (χ1v) is 11.5. The number of hydrogen-bond acceptors (Lipinski definition) is 10. The lowest BCUT2D eigenvalue weighted by Gasteiger charge is -2.50. The van der Waals surface area contributed by atoms with Crippen molar-refractivity contribution in [3.8, 4) is 17.1 Å². The standard InChI is InChI=1S/C26H24N2O9/c1-28(2)19-14-8-11-7-13-12(22-10(9-29)5-6-37-22)3-4-15(30)17(13)20(31)16(11)23(33)26(14,36)24(34)18(21(19)32)25(27)35/h3-6,9,11,14,19,30-31,34,36H,7-8H2,1-2H3,(H2,27,35)/t11?,14?,19-,26-/m0/s1. The lowest BCUT2D eigenvalue weighted by Crippen LogP contribution is -2.65. The third-order valence-corrected chi connectivity index (χ3v) is 7.67. The number of nitrogens with two attached hydrogens (primary N) is 1. The Bertz CT molecular complexity index is 1460. The molecule has 4 atom stereocenters. The first-order valence-electron chi connectivity index (χ1n) is 11.5. The van der Waals surface area contributed by atoms with Gasteiger partial charge in [-0.05, 0) is 56.6 Å². The molecule has 0 spiro atoms. The average Bonchev–Trinajstić information content (AvgIpc) is 3.29. The minimum absolute atomic E-state index is 0.0421. The van der Waals surface area contributed by atoms with E-state index in [0.29, 0.717) is 17.4 Å². The molecule has 192 valence electrons. The molecule has 1 saturated carbocycles. The summed E-state index contributed by atoms with van der Waals surface area (Å²) in [4.78, 5) is 52.0. The molecule has 37 heavy (non-hydrogen) atoms. The van der Waals surface area contributed by atoms with Gasteiger partial charge in [-0.15, -0.1) is 0 Å². The third-order valence-electron chi connectivity index (χ3n) is 7.67. The maximum absolute atomic E-state index is 13.8. The fourth-order valence-electron chi connectivity index (χ4n) is 6.09. The summed E-state index contributed by atoms with van der Waals surface area (Å²) < 4.78 is 5.50. The van der Waals surface area contributed by atoms with Gasteiger partial charge in [-0.25, -0.2) is 0 Å². The molecule has 1 heterocycles. The summed E-state index contributed by atoms with van der Waals surface area (Å²) >= 11 is 0. The Morgan fingerprint density at radius 1 is 1.19 bits per heavy atom. The van der Waals surface area contributed by atoms with Crippen molar-refractivity contribution in [2.75, 3.05) is 14.1 Å².